The van der Waals surface area contributed by atoms with Crippen molar-refractivity contribution in [3.63, 3.8) is 0 Å². The maximum Gasteiger partial charge on any atom is 1.00 e. The first-order valence-corrected chi connectivity index (χ1v) is 3.05. The average molecular weight is 154 g/mol. The van der Waals surface area contributed by atoms with Crippen LogP contribution in [0.3, 0.4) is 0 Å². The molecule has 0 rings (SSSR count). The Morgan fingerprint density at radius 2 is 1.60 bits per heavy atom. The van der Waals surface area contributed by atoms with Gasteiger partial charge < -0.3 is 13.9 Å². The fraction of sp³-hybridized carbons (Fsp3) is 0. The van der Waals surface area contributed by atoms with Crippen molar-refractivity contribution in [2.24, 2.45) is 0 Å². The molecule has 0 aromatic heterocycles. The van der Waals surface area contributed by atoms with Gasteiger partial charge in [-0.1, -0.05) is 0 Å². The van der Waals surface area contributed by atoms with Gasteiger partial charge in [0.25, 0.3) is 12.5 Å². The summed E-state index contributed by atoms with van der Waals surface area (Å²) < 4.78 is 16.6. The van der Waals surface area contributed by atoms with Crippen molar-refractivity contribution < 1.29 is 37.4 Å². The second-order valence-corrected chi connectivity index (χ2v) is 2.07. The first-order chi connectivity index (χ1) is 4.12. The molecular weight excluding hydrogens is 154 g/mol. The van der Waals surface area contributed by atoms with Crippen LogP contribution in [0.2, 0.25) is 0 Å². The van der Waals surface area contributed by atoms with Gasteiger partial charge in [0.15, 0.2) is 0 Å². The minimum Gasteiger partial charge on any atom is -0.735 e. The molecule has 0 aliphatic rings. The first kappa shape index (κ1) is 12.1. The molecule has 10 heavy (non-hydrogen) atoms. The summed E-state index contributed by atoms with van der Waals surface area (Å²) in [5.74, 6) is 0. The first-order valence-electron chi connectivity index (χ1n) is 1.59. The van der Waals surface area contributed by atoms with E-state index >= 15 is 0 Å². The molecule has 0 radical (unpaired) electrons. The summed E-state index contributed by atoms with van der Waals surface area (Å²) in [6, 6.07) is 0. The Kier molecular flexibility index (Phi) is 6.25. The van der Waals surface area contributed by atoms with E-state index in [1.165, 1.54) is 0 Å². The third kappa shape index (κ3) is 5.50. The summed E-state index contributed by atoms with van der Waals surface area (Å²) in [7, 11) is -4.66. The Balaban J connectivity index is 0. The van der Waals surface area contributed by atoms with Crippen LogP contribution in [0.4, 0.5) is 0 Å². The van der Waals surface area contributed by atoms with Crippen molar-refractivity contribution >= 4 is 7.82 Å². The molecule has 48 valence electrons. The van der Waals surface area contributed by atoms with Gasteiger partial charge in [0.1, 0.15) is 0 Å². The quantitative estimate of drug-likeness (QED) is 0.231. The third-order valence-corrected chi connectivity index (χ3v) is 0.916. The van der Waals surface area contributed by atoms with Gasteiger partial charge in [0.05, 0.1) is 0 Å². The molecule has 0 spiro atoms. The monoisotopic (exact) mass is 154 g/mol. The van der Waals surface area contributed by atoms with Gasteiger partial charge in [-0.3, -0.25) is 0 Å². The molecule has 0 fully saturated rings. The maximum absolute atomic E-state index is 9.97. The van der Waals surface area contributed by atoms with Crippen molar-refractivity contribution in [1.29, 1.82) is 10.5 Å². The number of nitrogens with zero attached hydrogens (tertiary/aromatic N) is 2. The third-order valence-electron chi connectivity index (χ3n) is 0.305. The van der Waals surface area contributed by atoms with Gasteiger partial charge in [-0.25, -0.2) is 4.57 Å². The number of rotatable bonds is 2. The van der Waals surface area contributed by atoms with E-state index in [0.717, 1.165) is 12.5 Å². The molecule has 0 aliphatic heterocycles. The molecule has 0 N–H and O–H groups in total. The van der Waals surface area contributed by atoms with Crippen LogP contribution >= 0.6 is 7.82 Å². The minimum absolute atomic E-state index is 0. The van der Waals surface area contributed by atoms with Crippen LogP contribution < -0.4 is 23.8 Å². The van der Waals surface area contributed by atoms with Crippen LogP contribution in [0.1, 0.15) is 0 Å². The van der Waals surface area contributed by atoms with Crippen molar-refractivity contribution in [2.75, 3.05) is 0 Å². The molecule has 0 saturated heterocycles. The zero-order valence-corrected chi connectivity index (χ0v) is 5.87. The fourth-order valence-corrected chi connectivity index (χ4v) is 0.356. The Labute approximate surface area is 68.8 Å². The summed E-state index contributed by atoms with van der Waals surface area (Å²) in [6.45, 7) is 0. The molecule has 0 amide bonds. The van der Waals surface area contributed by atoms with Gasteiger partial charge in [-0.2, -0.15) is 0 Å². The van der Waals surface area contributed by atoms with Crippen LogP contribution in [-0.2, 0) is 13.6 Å². The molecule has 0 bridgehead atoms. The van der Waals surface area contributed by atoms with E-state index in [4.69, 9.17) is 10.5 Å². The minimum atomic E-state index is -4.66. The number of hydrogen-bond donors (Lipinski definition) is 0. The molecule has 0 saturated carbocycles. The van der Waals surface area contributed by atoms with Gasteiger partial charge in [0.2, 0.25) is 0 Å². The second-order valence-electron chi connectivity index (χ2n) is 0.812. The topological polar surface area (TPSA) is 106 Å². The van der Waals surface area contributed by atoms with Gasteiger partial charge in [0, 0.05) is 0 Å². The molecule has 8 heteroatoms. The molecule has 0 aliphatic carbocycles. The standard InChI is InChI=1S/C2HN2O4P.Li/c3-1-7-9(5,6)8-2-4;/h(H,5,6);/q;+1/p-1. The molecule has 0 unspecified atom stereocenters. The molecule has 0 aromatic rings. The second kappa shape index (κ2) is 5.18. The zero-order valence-electron chi connectivity index (χ0n) is 4.97. The normalized spacial score (nSPS) is 7.90. The molecule has 0 aromatic carbocycles. The predicted molar refractivity (Wildman–Crippen MR) is 21.0 cm³/mol. The van der Waals surface area contributed by atoms with E-state index in [-0.39, 0.29) is 18.9 Å². The van der Waals surface area contributed by atoms with E-state index < -0.39 is 7.82 Å². The van der Waals surface area contributed by atoms with Crippen molar-refractivity contribution in [3.8, 4) is 12.5 Å². The van der Waals surface area contributed by atoms with Crippen LogP contribution in [-0.4, -0.2) is 0 Å². The number of phosphoric ester groups is 1. The summed E-state index contributed by atoms with van der Waals surface area (Å²) >= 11 is 0. The molecule has 0 heterocycles. The smallest absolute Gasteiger partial charge is 0.735 e. The van der Waals surface area contributed by atoms with E-state index in [1.807, 2.05) is 0 Å². The van der Waals surface area contributed by atoms with Crippen LogP contribution in [0.25, 0.3) is 0 Å². The Hall–Kier alpha value is -0.633. The summed E-state index contributed by atoms with van der Waals surface area (Å²) in [6.07, 6.45) is 1.68. The summed E-state index contributed by atoms with van der Waals surface area (Å²) in [4.78, 5) is 9.97. The molecule has 6 nitrogen and oxygen atoms in total. The predicted octanol–water partition coefficient (Wildman–Crippen LogP) is -3.55. The van der Waals surface area contributed by atoms with Crippen LogP contribution in [0.5, 0.6) is 0 Å². The molecular formula is C2LiN2O4P. The van der Waals surface area contributed by atoms with Crippen LogP contribution in [0, 0.1) is 23.0 Å². The van der Waals surface area contributed by atoms with Crippen LogP contribution in [0.15, 0.2) is 0 Å². The van der Waals surface area contributed by atoms with Gasteiger partial charge in [-0.15, -0.1) is 10.5 Å². The number of phosphoric acid groups is 1. The van der Waals surface area contributed by atoms with E-state index in [2.05, 4.69) is 9.05 Å². The summed E-state index contributed by atoms with van der Waals surface area (Å²) in [5, 5.41) is 15.2. The Bertz CT molecular complexity index is 196. The van der Waals surface area contributed by atoms with Crippen molar-refractivity contribution in [1.82, 2.24) is 0 Å². The fourth-order valence-electron chi connectivity index (χ4n) is 0.119. The van der Waals surface area contributed by atoms with Crippen molar-refractivity contribution in [3.05, 3.63) is 0 Å². The average Bonchev–Trinajstić information content (AvgIpc) is 1.64. The Morgan fingerprint density at radius 1 is 1.30 bits per heavy atom. The largest absolute Gasteiger partial charge is 1.00 e. The van der Waals surface area contributed by atoms with E-state index in [0.29, 0.717) is 0 Å². The molecule has 0 atom stereocenters. The Morgan fingerprint density at radius 3 is 1.80 bits per heavy atom. The maximum atomic E-state index is 9.97. The zero-order chi connectivity index (χ0) is 7.33. The SMILES string of the molecule is N#COP(=O)([O-])OC#N.[Li+]. The van der Waals surface area contributed by atoms with E-state index in [9.17, 15) is 9.46 Å². The van der Waals surface area contributed by atoms with Crippen molar-refractivity contribution in [2.45, 2.75) is 0 Å². The number of hydrogen-bond acceptors (Lipinski definition) is 6. The van der Waals surface area contributed by atoms with Gasteiger partial charge >= 0.3 is 26.7 Å². The summed E-state index contributed by atoms with van der Waals surface area (Å²) in [5.41, 5.74) is 0. The number of nitriles is 2. The van der Waals surface area contributed by atoms with Gasteiger partial charge in [-0.05, 0) is 0 Å². The van der Waals surface area contributed by atoms with E-state index in [1.54, 1.807) is 0 Å².